The van der Waals surface area contributed by atoms with Gasteiger partial charge in [-0.3, -0.25) is 9.59 Å². The zero-order valence-corrected chi connectivity index (χ0v) is 11.5. The van der Waals surface area contributed by atoms with Gasteiger partial charge in [0.05, 0.1) is 12.6 Å². The minimum atomic E-state index is -1.17. The number of carbonyl (C=O) groups is 3. The lowest BCUT2D eigenvalue weighted by molar-refractivity contribution is -0.143. The summed E-state index contributed by atoms with van der Waals surface area (Å²) in [6.07, 6.45) is 0. The number of hydrogen-bond acceptors (Lipinski definition) is 6. The SMILES string of the molecule is CC(C)[C@@H](N)C(=O)N[C@@H](CO)C(=O)NCOCC(=O)O. The number of nitrogens with two attached hydrogens (primary N) is 1. The van der Waals surface area contributed by atoms with Gasteiger partial charge in [0.2, 0.25) is 11.8 Å². The van der Waals surface area contributed by atoms with Gasteiger partial charge in [-0.05, 0) is 5.92 Å². The summed E-state index contributed by atoms with van der Waals surface area (Å²) >= 11 is 0. The summed E-state index contributed by atoms with van der Waals surface area (Å²) in [5.41, 5.74) is 5.60. The first kappa shape index (κ1) is 18.3. The van der Waals surface area contributed by atoms with Gasteiger partial charge in [-0.1, -0.05) is 13.8 Å². The van der Waals surface area contributed by atoms with Crippen molar-refractivity contribution < 1.29 is 29.3 Å². The summed E-state index contributed by atoms with van der Waals surface area (Å²) in [6, 6.07) is -1.96. The Balaban J connectivity index is 4.21. The Morgan fingerprint density at radius 1 is 1.25 bits per heavy atom. The molecular weight excluding hydrogens is 270 g/mol. The fourth-order valence-corrected chi connectivity index (χ4v) is 1.15. The summed E-state index contributed by atoms with van der Waals surface area (Å²) in [5, 5.41) is 21.9. The molecule has 0 aliphatic heterocycles. The van der Waals surface area contributed by atoms with Crippen molar-refractivity contribution in [2.75, 3.05) is 19.9 Å². The van der Waals surface area contributed by atoms with Crippen LogP contribution in [0.2, 0.25) is 0 Å². The number of aliphatic hydroxyl groups excluding tert-OH is 1. The predicted molar refractivity (Wildman–Crippen MR) is 68.4 cm³/mol. The van der Waals surface area contributed by atoms with Crippen LogP contribution in [0.1, 0.15) is 13.8 Å². The van der Waals surface area contributed by atoms with Gasteiger partial charge >= 0.3 is 5.97 Å². The summed E-state index contributed by atoms with van der Waals surface area (Å²) < 4.78 is 4.60. The van der Waals surface area contributed by atoms with Crippen LogP contribution in [0.5, 0.6) is 0 Å². The van der Waals surface area contributed by atoms with Crippen molar-refractivity contribution in [3.8, 4) is 0 Å². The van der Waals surface area contributed by atoms with Gasteiger partial charge in [0.25, 0.3) is 0 Å². The van der Waals surface area contributed by atoms with E-state index in [4.69, 9.17) is 15.9 Å². The molecule has 9 nitrogen and oxygen atoms in total. The van der Waals surface area contributed by atoms with Crippen LogP contribution in [0.4, 0.5) is 0 Å². The maximum Gasteiger partial charge on any atom is 0.329 e. The highest BCUT2D eigenvalue weighted by Gasteiger charge is 2.24. The number of carboxylic acids is 1. The monoisotopic (exact) mass is 291 g/mol. The summed E-state index contributed by atoms with van der Waals surface area (Å²) in [7, 11) is 0. The number of aliphatic hydroxyl groups is 1. The molecule has 2 amide bonds. The van der Waals surface area contributed by atoms with Gasteiger partial charge in [-0.2, -0.15) is 0 Å². The van der Waals surface area contributed by atoms with E-state index in [0.29, 0.717) is 0 Å². The maximum absolute atomic E-state index is 11.6. The molecule has 0 fully saturated rings. The van der Waals surface area contributed by atoms with E-state index in [1.165, 1.54) is 0 Å². The molecular formula is C11H21N3O6. The van der Waals surface area contributed by atoms with Crippen molar-refractivity contribution in [2.45, 2.75) is 25.9 Å². The standard InChI is InChI=1S/C11H21N3O6/c1-6(2)9(12)11(19)14-7(3-15)10(18)13-5-20-4-8(16)17/h6-7,9,15H,3-5,12H2,1-2H3,(H,13,18)(H,14,19)(H,16,17)/t7-,9+/m0/s1. The highest BCUT2D eigenvalue weighted by atomic mass is 16.5. The van der Waals surface area contributed by atoms with Crippen LogP contribution in [-0.4, -0.2) is 60.0 Å². The molecule has 0 radical (unpaired) electrons. The number of ether oxygens (including phenoxy) is 1. The van der Waals surface area contributed by atoms with Crippen molar-refractivity contribution in [3.05, 3.63) is 0 Å². The van der Waals surface area contributed by atoms with Crippen LogP contribution in [-0.2, 0) is 19.1 Å². The zero-order chi connectivity index (χ0) is 15.7. The largest absolute Gasteiger partial charge is 0.480 e. The van der Waals surface area contributed by atoms with Crippen LogP contribution in [0.3, 0.4) is 0 Å². The summed E-state index contributed by atoms with van der Waals surface area (Å²) in [5.74, 6) is -2.53. The molecule has 0 spiro atoms. The third kappa shape index (κ3) is 7.02. The van der Waals surface area contributed by atoms with Gasteiger partial charge in [-0.15, -0.1) is 0 Å². The second kappa shape index (κ2) is 9.23. The molecule has 20 heavy (non-hydrogen) atoms. The Bertz CT molecular complexity index is 347. The molecule has 0 aliphatic carbocycles. The van der Waals surface area contributed by atoms with Crippen molar-refractivity contribution in [3.63, 3.8) is 0 Å². The molecule has 2 atom stereocenters. The van der Waals surface area contributed by atoms with Crippen LogP contribution in [0.15, 0.2) is 0 Å². The average molecular weight is 291 g/mol. The van der Waals surface area contributed by atoms with E-state index in [1.807, 2.05) is 0 Å². The number of hydrogen-bond donors (Lipinski definition) is 5. The normalized spacial score (nSPS) is 13.7. The topological polar surface area (TPSA) is 151 Å². The number of aliphatic carboxylic acids is 1. The average Bonchev–Trinajstić information content (AvgIpc) is 2.38. The fraction of sp³-hybridized carbons (Fsp3) is 0.727. The Labute approximate surface area is 116 Å². The molecule has 0 heterocycles. The van der Waals surface area contributed by atoms with Crippen LogP contribution < -0.4 is 16.4 Å². The van der Waals surface area contributed by atoms with E-state index < -0.39 is 43.1 Å². The first-order valence-electron chi connectivity index (χ1n) is 6.03. The molecule has 116 valence electrons. The fourth-order valence-electron chi connectivity index (χ4n) is 1.15. The zero-order valence-electron chi connectivity index (χ0n) is 11.5. The van der Waals surface area contributed by atoms with E-state index in [2.05, 4.69) is 15.4 Å². The first-order chi connectivity index (χ1) is 9.29. The van der Waals surface area contributed by atoms with Crippen molar-refractivity contribution in [1.29, 1.82) is 0 Å². The van der Waals surface area contributed by atoms with Gasteiger partial charge < -0.3 is 31.3 Å². The number of amides is 2. The Hall–Kier alpha value is -1.71. The van der Waals surface area contributed by atoms with Crippen molar-refractivity contribution in [2.24, 2.45) is 11.7 Å². The molecule has 0 unspecified atom stereocenters. The molecule has 0 bridgehead atoms. The molecule has 0 aromatic carbocycles. The van der Waals surface area contributed by atoms with Gasteiger partial charge in [-0.25, -0.2) is 4.79 Å². The minimum absolute atomic E-state index is 0.115. The van der Waals surface area contributed by atoms with Crippen molar-refractivity contribution in [1.82, 2.24) is 10.6 Å². The Morgan fingerprint density at radius 2 is 1.85 bits per heavy atom. The first-order valence-corrected chi connectivity index (χ1v) is 6.03. The second-order valence-corrected chi connectivity index (χ2v) is 4.44. The second-order valence-electron chi connectivity index (χ2n) is 4.44. The highest BCUT2D eigenvalue weighted by molar-refractivity contribution is 5.89. The van der Waals surface area contributed by atoms with E-state index in [0.717, 1.165) is 0 Å². The minimum Gasteiger partial charge on any atom is -0.480 e. The molecule has 0 aromatic rings. The quantitative estimate of drug-likeness (QED) is 0.235. The van der Waals surface area contributed by atoms with Crippen LogP contribution in [0.25, 0.3) is 0 Å². The lowest BCUT2D eigenvalue weighted by Crippen LogP contribution is -2.54. The molecule has 0 aliphatic rings. The highest BCUT2D eigenvalue weighted by Crippen LogP contribution is 1.98. The van der Waals surface area contributed by atoms with Gasteiger partial charge in [0.1, 0.15) is 19.4 Å². The van der Waals surface area contributed by atoms with Crippen molar-refractivity contribution >= 4 is 17.8 Å². The van der Waals surface area contributed by atoms with Crippen LogP contribution >= 0.6 is 0 Å². The van der Waals surface area contributed by atoms with E-state index >= 15 is 0 Å². The maximum atomic E-state index is 11.6. The summed E-state index contributed by atoms with van der Waals surface area (Å²) in [6.45, 7) is 1.99. The Kier molecular flexibility index (Phi) is 8.45. The van der Waals surface area contributed by atoms with Gasteiger partial charge in [0.15, 0.2) is 0 Å². The Morgan fingerprint density at radius 3 is 2.30 bits per heavy atom. The number of rotatable bonds is 9. The molecule has 0 aromatic heterocycles. The smallest absolute Gasteiger partial charge is 0.329 e. The third-order valence-electron chi connectivity index (χ3n) is 2.41. The summed E-state index contributed by atoms with van der Waals surface area (Å²) in [4.78, 5) is 33.4. The molecule has 9 heteroatoms. The van der Waals surface area contributed by atoms with Crippen LogP contribution in [0, 0.1) is 5.92 Å². The van der Waals surface area contributed by atoms with E-state index in [1.54, 1.807) is 13.8 Å². The van der Waals surface area contributed by atoms with E-state index in [9.17, 15) is 14.4 Å². The molecule has 6 N–H and O–H groups in total. The molecule has 0 rings (SSSR count). The number of nitrogens with one attached hydrogen (secondary N) is 2. The number of carbonyl (C=O) groups excluding carboxylic acids is 2. The predicted octanol–water partition coefficient (Wildman–Crippen LogP) is -2.38. The third-order valence-corrected chi connectivity index (χ3v) is 2.41. The van der Waals surface area contributed by atoms with E-state index in [-0.39, 0.29) is 12.6 Å². The number of carboxylic acid groups (broad SMARTS) is 1. The van der Waals surface area contributed by atoms with Gasteiger partial charge in [0, 0.05) is 0 Å². The lowest BCUT2D eigenvalue weighted by atomic mass is 10.0. The molecule has 0 saturated carbocycles. The molecule has 0 saturated heterocycles. The lowest BCUT2D eigenvalue weighted by Gasteiger charge is -2.20.